The Kier molecular flexibility index (Phi) is 2.82. The molecule has 0 aromatic carbocycles. The Morgan fingerprint density at radius 2 is 1.76 bits per heavy atom. The molecule has 0 spiro atoms. The fraction of sp³-hybridized carbons (Fsp3) is 0.917. The maximum Gasteiger partial charge on any atom is 0.407 e. The zero-order valence-corrected chi connectivity index (χ0v) is 12.4. The summed E-state index contributed by atoms with van der Waals surface area (Å²) in [5, 5.41) is 9.13. The first kappa shape index (κ1) is 12.9. The van der Waals surface area contributed by atoms with Gasteiger partial charge in [-0.1, -0.05) is 20.8 Å². The van der Waals surface area contributed by atoms with Crippen molar-refractivity contribution in [3.63, 3.8) is 0 Å². The number of hydrogen-bond acceptors (Lipinski definition) is 2. The van der Waals surface area contributed by atoms with E-state index < -0.39 is 14.4 Å². The fourth-order valence-electron chi connectivity index (χ4n) is 2.32. The molecule has 2 aliphatic rings. The number of carboxylic acid groups (broad SMARTS) is 1. The molecule has 1 aliphatic carbocycles. The molecule has 1 heterocycles. The molecule has 1 aliphatic heterocycles. The van der Waals surface area contributed by atoms with E-state index in [-0.39, 0.29) is 5.04 Å². The summed E-state index contributed by atoms with van der Waals surface area (Å²) in [4.78, 5) is 12.3. The quantitative estimate of drug-likeness (QED) is 0.774. The van der Waals surface area contributed by atoms with Crippen LogP contribution in [0.4, 0.5) is 4.79 Å². The minimum absolute atomic E-state index is 0.233. The summed E-state index contributed by atoms with van der Waals surface area (Å²) in [7, 11) is -1.69. The smallest absolute Gasteiger partial charge is 0.407 e. The molecule has 1 saturated heterocycles. The molecular formula is C12H23NO3Si. The highest BCUT2D eigenvalue weighted by atomic mass is 28.4. The highest BCUT2D eigenvalue weighted by Crippen LogP contribution is 2.51. The van der Waals surface area contributed by atoms with Crippen molar-refractivity contribution >= 4 is 14.4 Å². The van der Waals surface area contributed by atoms with E-state index in [9.17, 15) is 4.79 Å². The van der Waals surface area contributed by atoms with Gasteiger partial charge in [-0.15, -0.1) is 0 Å². The molecule has 4 nitrogen and oxygen atoms in total. The molecule has 2 fully saturated rings. The number of amides is 1. The monoisotopic (exact) mass is 257 g/mol. The molecular weight excluding hydrogens is 234 g/mol. The molecule has 2 rings (SSSR count). The molecule has 1 N–H and O–H groups in total. The van der Waals surface area contributed by atoms with E-state index in [1.165, 1.54) is 4.90 Å². The van der Waals surface area contributed by atoms with Crippen molar-refractivity contribution in [2.45, 2.75) is 45.0 Å². The van der Waals surface area contributed by atoms with E-state index in [1.807, 2.05) is 0 Å². The molecule has 0 aromatic heterocycles. The van der Waals surface area contributed by atoms with Crippen LogP contribution in [0.3, 0.4) is 0 Å². The Labute approximate surface area is 104 Å². The van der Waals surface area contributed by atoms with Crippen LogP contribution in [0.1, 0.15) is 20.8 Å². The summed E-state index contributed by atoms with van der Waals surface area (Å²) in [5.41, 5.74) is 0. The van der Waals surface area contributed by atoms with E-state index in [2.05, 4.69) is 33.9 Å². The van der Waals surface area contributed by atoms with Crippen LogP contribution >= 0.6 is 0 Å². The van der Waals surface area contributed by atoms with Gasteiger partial charge in [0.25, 0.3) is 0 Å². The van der Waals surface area contributed by atoms with Gasteiger partial charge in [0.15, 0.2) is 8.32 Å². The standard InChI is InChI=1S/C12H23NO3Si/c1-12(2,3)17(4,5)16-10-8-6-13(11(14)15)7-9(8)10/h8-10H,6-7H2,1-5H3,(H,14,15)/t8-,9+,10+. The van der Waals surface area contributed by atoms with Crippen molar-refractivity contribution in [2.75, 3.05) is 13.1 Å². The summed E-state index contributed by atoms with van der Waals surface area (Å²) in [6.45, 7) is 12.6. The van der Waals surface area contributed by atoms with Gasteiger partial charge < -0.3 is 14.4 Å². The average Bonchev–Trinajstić information content (AvgIpc) is 2.58. The molecule has 3 atom stereocenters. The minimum atomic E-state index is -1.69. The van der Waals surface area contributed by atoms with Gasteiger partial charge >= 0.3 is 6.09 Å². The van der Waals surface area contributed by atoms with Gasteiger partial charge in [-0.2, -0.15) is 0 Å². The van der Waals surface area contributed by atoms with Crippen LogP contribution in [0.5, 0.6) is 0 Å². The molecule has 1 saturated carbocycles. The van der Waals surface area contributed by atoms with Crippen molar-refractivity contribution in [3.05, 3.63) is 0 Å². The lowest BCUT2D eigenvalue weighted by atomic mass is 10.2. The van der Waals surface area contributed by atoms with Gasteiger partial charge in [0.1, 0.15) is 0 Å². The number of hydrogen-bond donors (Lipinski definition) is 1. The predicted molar refractivity (Wildman–Crippen MR) is 68.6 cm³/mol. The molecule has 1 amide bonds. The van der Waals surface area contributed by atoms with Crippen molar-refractivity contribution < 1.29 is 14.3 Å². The van der Waals surface area contributed by atoms with E-state index in [1.54, 1.807) is 0 Å². The molecule has 98 valence electrons. The number of piperidine rings is 1. The van der Waals surface area contributed by atoms with Crippen LogP contribution in [0.2, 0.25) is 18.1 Å². The molecule has 0 radical (unpaired) electrons. The summed E-state index contributed by atoms with van der Waals surface area (Å²) < 4.78 is 6.33. The van der Waals surface area contributed by atoms with Crippen molar-refractivity contribution in [1.29, 1.82) is 0 Å². The molecule has 17 heavy (non-hydrogen) atoms. The van der Waals surface area contributed by atoms with E-state index in [0.717, 1.165) is 0 Å². The summed E-state index contributed by atoms with van der Waals surface area (Å²) in [6, 6.07) is 0. The second-order valence-electron chi connectivity index (χ2n) is 6.86. The van der Waals surface area contributed by atoms with Crippen LogP contribution < -0.4 is 0 Å². The number of fused-ring (bicyclic) bond motifs is 1. The van der Waals surface area contributed by atoms with Crippen LogP contribution in [0.15, 0.2) is 0 Å². The van der Waals surface area contributed by atoms with E-state index >= 15 is 0 Å². The topological polar surface area (TPSA) is 49.8 Å². The van der Waals surface area contributed by atoms with Gasteiger partial charge in [0.2, 0.25) is 0 Å². The highest BCUT2D eigenvalue weighted by molar-refractivity contribution is 6.74. The Balaban J connectivity index is 1.89. The van der Waals surface area contributed by atoms with Gasteiger partial charge in [-0.3, -0.25) is 0 Å². The maximum absolute atomic E-state index is 10.8. The summed E-state index contributed by atoms with van der Waals surface area (Å²) >= 11 is 0. The maximum atomic E-state index is 10.8. The van der Waals surface area contributed by atoms with Crippen LogP contribution in [-0.2, 0) is 4.43 Å². The van der Waals surface area contributed by atoms with Crippen LogP contribution in [0, 0.1) is 11.8 Å². The second-order valence-corrected chi connectivity index (χ2v) is 11.6. The molecule has 0 unspecified atom stereocenters. The van der Waals surface area contributed by atoms with Crippen molar-refractivity contribution in [1.82, 2.24) is 4.90 Å². The van der Waals surface area contributed by atoms with Crippen LogP contribution in [-0.4, -0.2) is 43.6 Å². The Morgan fingerprint density at radius 1 is 1.29 bits per heavy atom. The number of carbonyl (C=O) groups is 1. The molecule has 0 bridgehead atoms. The van der Waals surface area contributed by atoms with Gasteiger partial charge in [0.05, 0.1) is 6.10 Å². The summed E-state index contributed by atoms with van der Waals surface area (Å²) in [5.74, 6) is 0.917. The van der Waals surface area contributed by atoms with Gasteiger partial charge in [-0.05, 0) is 18.1 Å². The fourth-order valence-corrected chi connectivity index (χ4v) is 3.70. The number of nitrogens with zero attached hydrogens (tertiary/aromatic N) is 1. The van der Waals surface area contributed by atoms with Gasteiger partial charge in [-0.25, -0.2) is 4.79 Å². The molecule has 5 heteroatoms. The predicted octanol–water partition coefficient (Wildman–Crippen LogP) is 2.62. The Hall–Kier alpha value is -0.553. The van der Waals surface area contributed by atoms with Crippen molar-refractivity contribution in [3.8, 4) is 0 Å². The number of rotatable bonds is 2. The first-order chi connectivity index (χ1) is 7.63. The second kappa shape index (κ2) is 3.72. The van der Waals surface area contributed by atoms with Gasteiger partial charge in [0, 0.05) is 24.9 Å². The third kappa shape index (κ3) is 2.22. The van der Waals surface area contributed by atoms with Crippen molar-refractivity contribution in [2.24, 2.45) is 11.8 Å². The lowest BCUT2D eigenvalue weighted by Gasteiger charge is -2.37. The Morgan fingerprint density at radius 3 is 2.12 bits per heavy atom. The van der Waals surface area contributed by atoms with E-state index in [4.69, 9.17) is 9.53 Å². The Bertz CT molecular complexity index is 325. The SMILES string of the molecule is CC(C)(C)[Si](C)(C)O[C@H]1[C@@H]2CN(C(=O)O)C[C@@H]21. The largest absolute Gasteiger partial charge is 0.465 e. The highest BCUT2D eigenvalue weighted by Gasteiger charge is 2.60. The zero-order chi connectivity index (χ0) is 13.0. The van der Waals surface area contributed by atoms with E-state index in [0.29, 0.717) is 31.0 Å². The number of likely N-dealkylation sites (tertiary alicyclic amines) is 1. The normalized spacial score (nSPS) is 32.5. The minimum Gasteiger partial charge on any atom is -0.465 e. The zero-order valence-electron chi connectivity index (χ0n) is 11.4. The molecule has 0 aromatic rings. The third-order valence-electron chi connectivity index (χ3n) is 4.62. The third-order valence-corrected chi connectivity index (χ3v) is 9.10. The first-order valence-electron chi connectivity index (χ1n) is 6.29. The lowest BCUT2D eigenvalue weighted by Crippen LogP contribution is -2.43. The lowest BCUT2D eigenvalue weighted by molar-refractivity contribution is 0.138. The van der Waals surface area contributed by atoms with Crippen LogP contribution in [0.25, 0.3) is 0 Å². The first-order valence-corrected chi connectivity index (χ1v) is 9.20. The average molecular weight is 257 g/mol. The summed E-state index contributed by atoms with van der Waals surface area (Å²) in [6.07, 6.45) is -0.463.